The molecule has 0 spiro atoms. The van der Waals surface area contributed by atoms with Crippen LogP contribution in [-0.2, 0) is 4.79 Å². The van der Waals surface area contributed by atoms with Gasteiger partial charge in [0, 0.05) is 25.4 Å². The predicted molar refractivity (Wildman–Crippen MR) is 79.2 cm³/mol. The summed E-state index contributed by atoms with van der Waals surface area (Å²) >= 11 is 0. The van der Waals surface area contributed by atoms with E-state index in [4.69, 9.17) is 0 Å². The summed E-state index contributed by atoms with van der Waals surface area (Å²) in [6.45, 7) is 10.3. The van der Waals surface area contributed by atoms with E-state index in [1.165, 1.54) is 12.8 Å². The summed E-state index contributed by atoms with van der Waals surface area (Å²) in [7, 11) is 0. The summed E-state index contributed by atoms with van der Waals surface area (Å²) < 4.78 is 0. The van der Waals surface area contributed by atoms with Crippen LogP contribution in [0.15, 0.2) is 0 Å². The summed E-state index contributed by atoms with van der Waals surface area (Å²) in [5.41, 5.74) is -0.684. The number of carbonyl (C=O) groups is 1. The van der Waals surface area contributed by atoms with Crippen LogP contribution in [0.25, 0.3) is 0 Å². The molecule has 1 N–H and O–H groups in total. The molecule has 0 heterocycles. The van der Waals surface area contributed by atoms with Gasteiger partial charge in [-0.15, -0.1) is 0 Å². The maximum Gasteiger partial charge on any atom is 0.137 e. The summed E-state index contributed by atoms with van der Waals surface area (Å²) in [5, 5.41) is 9.92. The van der Waals surface area contributed by atoms with Crippen molar-refractivity contribution in [3.63, 3.8) is 0 Å². The van der Waals surface area contributed by atoms with Gasteiger partial charge in [0.05, 0.1) is 5.60 Å². The van der Waals surface area contributed by atoms with Gasteiger partial charge in [-0.1, -0.05) is 26.7 Å². The van der Waals surface area contributed by atoms with Crippen molar-refractivity contribution < 1.29 is 9.90 Å². The van der Waals surface area contributed by atoms with Crippen molar-refractivity contribution in [2.45, 2.75) is 65.4 Å². The topological polar surface area (TPSA) is 40.5 Å². The van der Waals surface area contributed by atoms with Gasteiger partial charge in [-0.2, -0.15) is 0 Å². The lowest BCUT2D eigenvalue weighted by Crippen LogP contribution is -2.43. The van der Waals surface area contributed by atoms with Crippen molar-refractivity contribution in [3.05, 3.63) is 0 Å². The molecule has 0 aromatic carbocycles. The first-order valence-electron chi connectivity index (χ1n) is 7.83. The third kappa shape index (κ3) is 6.05. The van der Waals surface area contributed by atoms with Crippen molar-refractivity contribution in [2.75, 3.05) is 19.6 Å². The highest BCUT2D eigenvalue weighted by Crippen LogP contribution is 2.30. The number of hydrogen-bond donors (Lipinski definition) is 1. The lowest BCUT2D eigenvalue weighted by Gasteiger charge is -2.34. The predicted octanol–water partition coefficient (Wildman–Crippen LogP) is 2.86. The molecule has 19 heavy (non-hydrogen) atoms. The molecule has 1 fully saturated rings. The molecule has 3 heteroatoms. The molecule has 2 unspecified atom stereocenters. The number of Topliss-reactive ketones (excluding diaryl/α,β-unsaturated/α-hetero) is 1. The number of hydrogen-bond acceptors (Lipinski definition) is 3. The van der Waals surface area contributed by atoms with E-state index in [0.29, 0.717) is 12.3 Å². The molecule has 1 aliphatic rings. The zero-order chi connectivity index (χ0) is 14.5. The van der Waals surface area contributed by atoms with E-state index >= 15 is 0 Å². The molecule has 0 radical (unpaired) electrons. The molecule has 0 aliphatic heterocycles. The van der Waals surface area contributed by atoms with Gasteiger partial charge in [0.15, 0.2) is 0 Å². The van der Waals surface area contributed by atoms with Crippen molar-refractivity contribution in [1.29, 1.82) is 0 Å². The lowest BCUT2D eigenvalue weighted by atomic mass is 9.78. The number of nitrogens with zero attached hydrogens (tertiary/aromatic N) is 1. The number of likely N-dealkylation sites (N-methyl/N-ethyl adjacent to an activating group) is 1. The number of carbonyl (C=O) groups excluding carboxylic acids is 1. The fourth-order valence-corrected chi connectivity index (χ4v) is 3.21. The summed E-state index contributed by atoms with van der Waals surface area (Å²) in [6, 6.07) is 0. The smallest absolute Gasteiger partial charge is 0.137 e. The molecule has 112 valence electrons. The number of ketones is 1. The largest absolute Gasteiger partial charge is 0.389 e. The van der Waals surface area contributed by atoms with Gasteiger partial charge in [-0.05, 0) is 39.2 Å². The average molecular weight is 269 g/mol. The first-order chi connectivity index (χ1) is 8.85. The van der Waals surface area contributed by atoms with Crippen LogP contribution in [0.3, 0.4) is 0 Å². The van der Waals surface area contributed by atoms with Crippen molar-refractivity contribution in [1.82, 2.24) is 4.90 Å². The Balaban J connectivity index is 2.53. The Morgan fingerprint density at radius 2 is 2.05 bits per heavy atom. The van der Waals surface area contributed by atoms with E-state index in [1.807, 2.05) is 13.8 Å². The third-order valence-electron chi connectivity index (χ3n) is 4.11. The van der Waals surface area contributed by atoms with Crippen LogP contribution >= 0.6 is 0 Å². The quantitative estimate of drug-likeness (QED) is 0.772. The van der Waals surface area contributed by atoms with Gasteiger partial charge in [0.25, 0.3) is 0 Å². The standard InChI is InChI=1S/C16H31NO2/c1-5-7-13-8-9-15(18)14(10-13)11-17(6-2)12-16(3,4)19/h13-14,19H,5-12H2,1-4H3. The summed E-state index contributed by atoms with van der Waals surface area (Å²) in [5.74, 6) is 1.35. The Labute approximate surface area is 118 Å². The molecular formula is C16H31NO2. The molecule has 2 atom stereocenters. The minimum absolute atomic E-state index is 0.188. The summed E-state index contributed by atoms with van der Waals surface area (Å²) in [6.07, 6.45) is 5.36. The molecule has 3 nitrogen and oxygen atoms in total. The maximum absolute atomic E-state index is 12.1. The molecule has 0 saturated heterocycles. The Bertz CT molecular complexity index is 283. The molecular weight excluding hydrogens is 238 g/mol. The highest BCUT2D eigenvalue weighted by molar-refractivity contribution is 5.81. The Hall–Kier alpha value is -0.410. The first kappa shape index (κ1) is 16.6. The normalized spacial score (nSPS) is 25.1. The van der Waals surface area contributed by atoms with Gasteiger partial charge < -0.3 is 10.0 Å². The van der Waals surface area contributed by atoms with E-state index in [0.717, 1.165) is 38.3 Å². The number of aliphatic hydroxyl groups is 1. The monoisotopic (exact) mass is 269 g/mol. The minimum atomic E-state index is -0.684. The van der Waals surface area contributed by atoms with Gasteiger partial charge in [-0.3, -0.25) is 4.79 Å². The highest BCUT2D eigenvalue weighted by atomic mass is 16.3. The Morgan fingerprint density at radius 1 is 1.37 bits per heavy atom. The molecule has 0 aromatic heterocycles. The molecule has 0 bridgehead atoms. The molecule has 1 aliphatic carbocycles. The van der Waals surface area contributed by atoms with Crippen molar-refractivity contribution in [3.8, 4) is 0 Å². The van der Waals surface area contributed by atoms with Gasteiger partial charge in [0.2, 0.25) is 0 Å². The second kappa shape index (κ2) is 7.39. The van der Waals surface area contributed by atoms with E-state index < -0.39 is 5.60 Å². The van der Waals surface area contributed by atoms with Crippen LogP contribution in [0.5, 0.6) is 0 Å². The van der Waals surface area contributed by atoms with Crippen LogP contribution in [0.2, 0.25) is 0 Å². The Morgan fingerprint density at radius 3 is 2.58 bits per heavy atom. The fourth-order valence-electron chi connectivity index (χ4n) is 3.21. The lowest BCUT2D eigenvalue weighted by molar-refractivity contribution is -0.126. The maximum atomic E-state index is 12.1. The minimum Gasteiger partial charge on any atom is -0.389 e. The molecule has 0 amide bonds. The van der Waals surface area contributed by atoms with Gasteiger partial charge in [0.1, 0.15) is 5.78 Å². The molecule has 0 aromatic rings. The van der Waals surface area contributed by atoms with Crippen LogP contribution in [-0.4, -0.2) is 41.0 Å². The van der Waals surface area contributed by atoms with E-state index in [2.05, 4.69) is 18.7 Å². The zero-order valence-electron chi connectivity index (χ0n) is 13.1. The van der Waals surface area contributed by atoms with E-state index in [9.17, 15) is 9.90 Å². The van der Waals surface area contributed by atoms with E-state index in [-0.39, 0.29) is 5.92 Å². The fraction of sp³-hybridized carbons (Fsp3) is 0.938. The Kier molecular flexibility index (Phi) is 6.48. The zero-order valence-corrected chi connectivity index (χ0v) is 13.1. The van der Waals surface area contributed by atoms with Crippen molar-refractivity contribution >= 4 is 5.78 Å². The number of rotatable bonds is 7. The van der Waals surface area contributed by atoms with Gasteiger partial charge >= 0.3 is 0 Å². The van der Waals surface area contributed by atoms with Crippen LogP contribution in [0, 0.1) is 11.8 Å². The van der Waals surface area contributed by atoms with Crippen molar-refractivity contribution in [2.24, 2.45) is 11.8 Å². The third-order valence-corrected chi connectivity index (χ3v) is 4.11. The van der Waals surface area contributed by atoms with Crippen LogP contribution < -0.4 is 0 Å². The highest BCUT2D eigenvalue weighted by Gasteiger charge is 2.30. The van der Waals surface area contributed by atoms with Crippen LogP contribution in [0.4, 0.5) is 0 Å². The molecule has 1 saturated carbocycles. The SMILES string of the molecule is CCCC1CCC(=O)C(CN(CC)CC(C)(C)O)C1. The van der Waals surface area contributed by atoms with Gasteiger partial charge in [-0.25, -0.2) is 0 Å². The van der Waals surface area contributed by atoms with Crippen LogP contribution in [0.1, 0.15) is 59.8 Å². The van der Waals surface area contributed by atoms with E-state index in [1.54, 1.807) is 0 Å². The molecule has 1 rings (SSSR count). The second-order valence-electron chi connectivity index (χ2n) is 6.73. The average Bonchev–Trinajstić information content (AvgIpc) is 2.31. The second-order valence-corrected chi connectivity index (χ2v) is 6.73. The summed E-state index contributed by atoms with van der Waals surface area (Å²) in [4.78, 5) is 14.3. The first-order valence-corrected chi connectivity index (χ1v) is 7.83.